The van der Waals surface area contributed by atoms with Gasteiger partial charge in [0.05, 0.1) is 0 Å². The fourth-order valence-corrected chi connectivity index (χ4v) is 0.927. The highest BCUT2D eigenvalue weighted by molar-refractivity contribution is 6.34. The maximum Gasteiger partial charge on any atom is 0.353 e. The number of oxime groups is 1. The normalized spacial score (nSPS) is 11.2. The molecule has 1 aromatic rings. The summed E-state index contributed by atoms with van der Waals surface area (Å²) in [5.41, 5.74) is 2.08. The smallest absolute Gasteiger partial charge is 0.353 e. The Balaban J connectivity index is 2.48. The van der Waals surface area contributed by atoms with Crippen LogP contribution >= 0.6 is 0 Å². The van der Waals surface area contributed by atoms with E-state index in [1.807, 2.05) is 31.2 Å². The van der Waals surface area contributed by atoms with Gasteiger partial charge in [0.25, 0.3) is 0 Å². The van der Waals surface area contributed by atoms with Crippen LogP contribution in [-0.4, -0.2) is 16.8 Å². The van der Waals surface area contributed by atoms with Crippen LogP contribution in [0.1, 0.15) is 18.1 Å². The Bertz CT molecular complexity index is 368. The molecule has 0 atom stereocenters. The van der Waals surface area contributed by atoms with Gasteiger partial charge in [0.1, 0.15) is 6.61 Å². The van der Waals surface area contributed by atoms with E-state index >= 15 is 0 Å². The van der Waals surface area contributed by atoms with Crippen LogP contribution in [0.2, 0.25) is 0 Å². The third-order valence-electron chi connectivity index (χ3n) is 1.86. The Hall–Kier alpha value is -1.84. The van der Waals surface area contributed by atoms with E-state index in [1.54, 1.807) is 0 Å². The van der Waals surface area contributed by atoms with Crippen LogP contribution in [0.5, 0.6) is 0 Å². The number of nitrogens with zero attached hydrogens (tertiary/aromatic N) is 1. The van der Waals surface area contributed by atoms with E-state index in [2.05, 4.69) is 5.16 Å². The number of carboxylic acids is 1. The highest BCUT2D eigenvalue weighted by atomic mass is 16.6. The van der Waals surface area contributed by atoms with Crippen LogP contribution in [0, 0.1) is 6.92 Å². The van der Waals surface area contributed by atoms with Crippen LogP contribution in [-0.2, 0) is 16.2 Å². The van der Waals surface area contributed by atoms with Crippen molar-refractivity contribution in [3.8, 4) is 0 Å². The van der Waals surface area contributed by atoms with Gasteiger partial charge in [-0.05, 0) is 19.4 Å². The van der Waals surface area contributed by atoms with Crippen molar-refractivity contribution < 1.29 is 14.7 Å². The fraction of sp³-hybridized carbons (Fsp3) is 0.273. The standard InChI is InChI=1S/C11H13NO3/c1-8-3-5-10(6-4-8)7-15-12-9(2)11(13)14/h3-6H,7H2,1-2H3,(H,13,14)/b12-9+. The highest BCUT2D eigenvalue weighted by Gasteiger charge is 2.01. The largest absolute Gasteiger partial charge is 0.477 e. The van der Waals surface area contributed by atoms with Crippen molar-refractivity contribution in [3.05, 3.63) is 35.4 Å². The molecule has 0 radical (unpaired) electrons. The van der Waals surface area contributed by atoms with Crippen molar-refractivity contribution >= 4 is 11.7 Å². The molecule has 0 aliphatic carbocycles. The second kappa shape index (κ2) is 5.14. The Morgan fingerprint density at radius 3 is 2.53 bits per heavy atom. The number of aryl methyl sites for hydroxylation is 1. The summed E-state index contributed by atoms with van der Waals surface area (Å²) < 4.78 is 0. The number of hydrogen-bond acceptors (Lipinski definition) is 3. The summed E-state index contributed by atoms with van der Waals surface area (Å²) in [6, 6.07) is 7.76. The molecule has 0 aromatic heterocycles. The van der Waals surface area contributed by atoms with Crippen molar-refractivity contribution in [3.63, 3.8) is 0 Å². The molecule has 0 heterocycles. The Kier molecular flexibility index (Phi) is 3.85. The summed E-state index contributed by atoms with van der Waals surface area (Å²) >= 11 is 0. The van der Waals surface area contributed by atoms with Gasteiger partial charge in [-0.1, -0.05) is 35.0 Å². The molecule has 80 valence electrons. The van der Waals surface area contributed by atoms with Gasteiger partial charge in [0.15, 0.2) is 5.71 Å². The minimum atomic E-state index is -1.07. The lowest BCUT2D eigenvalue weighted by Gasteiger charge is -2.00. The number of hydrogen-bond donors (Lipinski definition) is 1. The van der Waals surface area contributed by atoms with Crippen LogP contribution in [0.3, 0.4) is 0 Å². The molecule has 0 bridgehead atoms. The fourth-order valence-electron chi connectivity index (χ4n) is 0.927. The quantitative estimate of drug-likeness (QED) is 0.606. The molecule has 1 N–H and O–H groups in total. The first-order chi connectivity index (χ1) is 7.09. The van der Waals surface area contributed by atoms with Crippen LogP contribution in [0.25, 0.3) is 0 Å². The Labute approximate surface area is 88.2 Å². The van der Waals surface area contributed by atoms with E-state index in [0.717, 1.165) is 5.56 Å². The topological polar surface area (TPSA) is 58.9 Å². The van der Waals surface area contributed by atoms with Crippen molar-refractivity contribution in [2.24, 2.45) is 5.16 Å². The number of benzene rings is 1. The van der Waals surface area contributed by atoms with E-state index in [-0.39, 0.29) is 12.3 Å². The minimum absolute atomic E-state index is 0.0536. The molecule has 15 heavy (non-hydrogen) atoms. The molecule has 0 aliphatic heterocycles. The number of aliphatic carboxylic acids is 1. The molecule has 0 saturated heterocycles. The van der Waals surface area contributed by atoms with Gasteiger partial charge in [0, 0.05) is 0 Å². The minimum Gasteiger partial charge on any atom is -0.477 e. The molecule has 0 fully saturated rings. The van der Waals surface area contributed by atoms with Crippen LogP contribution < -0.4 is 0 Å². The lowest BCUT2D eigenvalue weighted by Crippen LogP contribution is -2.08. The zero-order valence-corrected chi connectivity index (χ0v) is 8.73. The highest BCUT2D eigenvalue weighted by Crippen LogP contribution is 2.04. The second-order valence-corrected chi connectivity index (χ2v) is 3.24. The molecule has 0 saturated carbocycles. The Morgan fingerprint density at radius 1 is 1.40 bits per heavy atom. The van der Waals surface area contributed by atoms with Crippen LogP contribution in [0.15, 0.2) is 29.4 Å². The van der Waals surface area contributed by atoms with E-state index < -0.39 is 5.97 Å². The SMILES string of the molecule is C/C(=N\OCc1ccc(C)cc1)C(=O)O. The summed E-state index contributed by atoms with van der Waals surface area (Å²) in [7, 11) is 0. The lowest BCUT2D eigenvalue weighted by atomic mass is 10.2. The second-order valence-electron chi connectivity index (χ2n) is 3.24. The van der Waals surface area contributed by atoms with Crippen LogP contribution in [0.4, 0.5) is 0 Å². The first-order valence-electron chi connectivity index (χ1n) is 4.55. The van der Waals surface area contributed by atoms with E-state index in [0.29, 0.717) is 0 Å². The molecule has 4 nitrogen and oxygen atoms in total. The van der Waals surface area contributed by atoms with E-state index in [9.17, 15) is 4.79 Å². The van der Waals surface area contributed by atoms with Crippen molar-refractivity contribution in [1.29, 1.82) is 0 Å². The van der Waals surface area contributed by atoms with Gasteiger partial charge < -0.3 is 9.94 Å². The number of rotatable bonds is 4. The monoisotopic (exact) mass is 207 g/mol. The predicted octanol–water partition coefficient (Wildman–Crippen LogP) is 1.97. The molecular formula is C11H13NO3. The van der Waals surface area contributed by atoms with Crippen molar-refractivity contribution in [2.45, 2.75) is 20.5 Å². The number of carbonyl (C=O) groups is 1. The first-order valence-corrected chi connectivity index (χ1v) is 4.55. The first kappa shape index (κ1) is 11.2. The summed E-state index contributed by atoms with van der Waals surface area (Å²) in [6.45, 7) is 3.67. The summed E-state index contributed by atoms with van der Waals surface area (Å²) in [6.07, 6.45) is 0. The van der Waals surface area contributed by atoms with Crippen molar-refractivity contribution in [2.75, 3.05) is 0 Å². The zero-order chi connectivity index (χ0) is 11.3. The van der Waals surface area contributed by atoms with Gasteiger partial charge in [-0.2, -0.15) is 0 Å². The molecule has 0 spiro atoms. The van der Waals surface area contributed by atoms with Gasteiger partial charge in [0.2, 0.25) is 0 Å². The third kappa shape index (κ3) is 3.81. The molecule has 1 rings (SSSR count). The molecular weight excluding hydrogens is 194 g/mol. The zero-order valence-electron chi connectivity index (χ0n) is 8.73. The average molecular weight is 207 g/mol. The summed E-state index contributed by atoms with van der Waals surface area (Å²) in [5.74, 6) is -1.07. The summed E-state index contributed by atoms with van der Waals surface area (Å²) in [5, 5.41) is 12.0. The van der Waals surface area contributed by atoms with Gasteiger partial charge in [-0.25, -0.2) is 4.79 Å². The summed E-state index contributed by atoms with van der Waals surface area (Å²) in [4.78, 5) is 15.3. The maximum absolute atomic E-state index is 10.4. The van der Waals surface area contributed by atoms with Gasteiger partial charge in [-0.3, -0.25) is 0 Å². The Morgan fingerprint density at radius 2 is 2.00 bits per heavy atom. The average Bonchev–Trinajstić information content (AvgIpc) is 2.20. The van der Waals surface area contributed by atoms with Gasteiger partial charge >= 0.3 is 5.97 Å². The molecule has 1 aromatic carbocycles. The van der Waals surface area contributed by atoms with Gasteiger partial charge in [-0.15, -0.1) is 0 Å². The third-order valence-corrected chi connectivity index (χ3v) is 1.86. The predicted molar refractivity (Wildman–Crippen MR) is 56.7 cm³/mol. The molecule has 0 unspecified atom stereocenters. The van der Waals surface area contributed by atoms with E-state index in [1.165, 1.54) is 12.5 Å². The number of carboxylic acid groups (broad SMARTS) is 1. The lowest BCUT2D eigenvalue weighted by molar-refractivity contribution is -0.129. The van der Waals surface area contributed by atoms with E-state index in [4.69, 9.17) is 9.94 Å². The maximum atomic E-state index is 10.4. The van der Waals surface area contributed by atoms with Crippen molar-refractivity contribution in [1.82, 2.24) is 0 Å². The molecule has 0 amide bonds. The molecule has 0 aliphatic rings. The molecule has 4 heteroatoms.